The summed E-state index contributed by atoms with van der Waals surface area (Å²) >= 11 is 0. The number of hydrogen-bond acceptors (Lipinski definition) is 6. The molecule has 0 aliphatic carbocycles. The van der Waals surface area contributed by atoms with E-state index in [1.54, 1.807) is 0 Å². The fraction of sp³-hybridized carbons (Fsp3) is 0.822. The van der Waals surface area contributed by atoms with Gasteiger partial charge in [0.1, 0.15) is 0 Å². The van der Waals surface area contributed by atoms with Crippen molar-refractivity contribution < 1.29 is 30.6 Å². The van der Waals surface area contributed by atoms with Gasteiger partial charge in [-0.1, -0.05) is 46.6 Å². The van der Waals surface area contributed by atoms with E-state index >= 15 is 0 Å². The molecule has 0 aromatic rings. The van der Waals surface area contributed by atoms with Crippen molar-refractivity contribution in [3.05, 3.63) is 46.6 Å². The number of hydrogen-bond donors (Lipinski definition) is 6. The van der Waals surface area contributed by atoms with Gasteiger partial charge in [0.2, 0.25) is 0 Å². The minimum Gasteiger partial charge on any atom is -0.392 e. The Balaban J connectivity index is 4.33. The summed E-state index contributed by atoms with van der Waals surface area (Å²) in [6, 6.07) is 0. The zero-order chi connectivity index (χ0) is 39.2. The molecule has 5 atom stereocenters. The Morgan fingerprint density at radius 2 is 0.667 bits per heavy atom. The molecule has 0 aromatic carbocycles. The van der Waals surface area contributed by atoms with Crippen molar-refractivity contribution in [1.82, 2.24) is 0 Å². The standard InChI is InChI=1S/C45H84O6/c1-37(2)19-13-26-41(6,47)28-15-30-43(8,49)32-17-34-45(10,51)35-18-33-44(9,50)31-16-29-42(7,48)27-14-24-39(4)22-11-20-38(3)21-12-23-40(5)25-36-46/h19,21-22,25,46-51H,11-18,20,23-24,26-36H2,1-10H3/b38-21+,39-22+,40-25+/t41-,42-,43-,44-,45-/m0/s1. The lowest BCUT2D eigenvalue weighted by Crippen LogP contribution is -2.30. The second kappa shape index (κ2) is 24.9. The van der Waals surface area contributed by atoms with Crippen LogP contribution in [0.15, 0.2) is 46.6 Å². The Hall–Kier alpha value is -1.28. The summed E-state index contributed by atoms with van der Waals surface area (Å²) in [5, 5.41) is 63.6. The van der Waals surface area contributed by atoms with Gasteiger partial charge >= 0.3 is 0 Å². The summed E-state index contributed by atoms with van der Waals surface area (Å²) in [6.45, 7) is 20.1. The highest BCUT2D eigenvalue weighted by atomic mass is 16.3. The molecule has 0 fully saturated rings. The summed E-state index contributed by atoms with van der Waals surface area (Å²) in [7, 11) is 0. The first-order chi connectivity index (χ1) is 23.5. The van der Waals surface area contributed by atoms with Crippen LogP contribution in [0.3, 0.4) is 0 Å². The van der Waals surface area contributed by atoms with Crippen molar-refractivity contribution in [2.75, 3.05) is 6.61 Å². The van der Waals surface area contributed by atoms with Gasteiger partial charge in [-0.3, -0.25) is 0 Å². The molecular formula is C45H84O6. The van der Waals surface area contributed by atoms with Crippen LogP contribution in [0.4, 0.5) is 0 Å². The van der Waals surface area contributed by atoms with E-state index in [2.05, 4.69) is 52.8 Å². The number of aliphatic hydroxyl groups is 6. The SMILES string of the molecule is CC(C)=CCC[C@](C)(O)CCC[C@](C)(O)CCC[C@](C)(O)CCC[C@@](C)(O)CCC[C@@](C)(O)CCC/C(C)=C/CC/C(C)=C/CC/C(C)=C/CO. The third-order valence-corrected chi connectivity index (χ3v) is 10.7. The lowest BCUT2D eigenvalue weighted by molar-refractivity contribution is -0.00579. The molecule has 0 unspecified atom stereocenters. The van der Waals surface area contributed by atoms with E-state index < -0.39 is 28.0 Å². The number of allylic oxidation sites excluding steroid dienone is 7. The van der Waals surface area contributed by atoms with Gasteiger partial charge in [0.15, 0.2) is 0 Å². The van der Waals surface area contributed by atoms with E-state index in [1.807, 2.05) is 40.7 Å². The van der Waals surface area contributed by atoms with Gasteiger partial charge in [-0.2, -0.15) is 0 Å². The molecule has 6 heteroatoms. The highest BCUT2D eigenvalue weighted by molar-refractivity contribution is 5.06. The molecule has 300 valence electrons. The van der Waals surface area contributed by atoms with E-state index in [1.165, 1.54) is 22.3 Å². The fourth-order valence-corrected chi connectivity index (χ4v) is 7.00. The maximum Gasteiger partial charge on any atom is 0.0622 e. The second-order valence-electron chi connectivity index (χ2n) is 18.0. The Bertz CT molecular complexity index is 1050. The van der Waals surface area contributed by atoms with Crippen LogP contribution in [0.2, 0.25) is 0 Å². The zero-order valence-electron chi connectivity index (χ0n) is 35.0. The maximum atomic E-state index is 11.0. The van der Waals surface area contributed by atoms with Gasteiger partial charge in [0, 0.05) is 0 Å². The monoisotopic (exact) mass is 721 g/mol. The predicted molar refractivity (Wildman–Crippen MR) is 218 cm³/mol. The third-order valence-electron chi connectivity index (χ3n) is 10.7. The number of rotatable bonds is 30. The van der Waals surface area contributed by atoms with Crippen LogP contribution in [-0.2, 0) is 0 Å². The molecule has 0 aliphatic heterocycles. The Morgan fingerprint density at radius 3 is 1.00 bits per heavy atom. The highest BCUT2D eigenvalue weighted by Crippen LogP contribution is 2.31. The first-order valence-corrected chi connectivity index (χ1v) is 20.3. The smallest absolute Gasteiger partial charge is 0.0622 e. The average Bonchev–Trinajstić information content (AvgIpc) is 2.96. The van der Waals surface area contributed by atoms with Crippen LogP contribution in [0.5, 0.6) is 0 Å². The fourth-order valence-electron chi connectivity index (χ4n) is 7.00. The van der Waals surface area contributed by atoms with Gasteiger partial charge in [0.25, 0.3) is 0 Å². The van der Waals surface area contributed by atoms with Crippen molar-refractivity contribution in [2.45, 2.75) is 232 Å². The zero-order valence-corrected chi connectivity index (χ0v) is 35.0. The lowest BCUT2D eigenvalue weighted by atomic mass is 9.84. The van der Waals surface area contributed by atoms with Crippen LogP contribution >= 0.6 is 0 Å². The Labute approximate surface area is 315 Å². The molecule has 0 saturated heterocycles. The van der Waals surface area contributed by atoms with Crippen molar-refractivity contribution in [1.29, 1.82) is 0 Å². The summed E-state index contributed by atoms with van der Waals surface area (Å²) in [5.74, 6) is 0. The molecule has 0 aromatic heterocycles. The van der Waals surface area contributed by atoms with E-state index in [-0.39, 0.29) is 6.61 Å². The predicted octanol–water partition coefficient (Wildman–Crippen LogP) is 10.7. The number of aliphatic hydroxyl groups excluding tert-OH is 1. The van der Waals surface area contributed by atoms with Crippen LogP contribution in [0.25, 0.3) is 0 Å². The molecule has 0 heterocycles. The van der Waals surface area contributed by atoms with E-state index in [4.69, 9.17) is 5.11 Å². The molecule has 0 saturated carbocycles. The van der Waals surface area contributed by atoms with E-state index in [9.17, 15) is 25.5 Å². The molecule has 0 aliphatic rings. The summed E-state index contributed by atoms with van der Waals surface area (Å²) in [5.41, 5.74) is 1.32. The van der Waals surface area contributed by atoms with Gasteiger partial charge < -0.3 is 30.6 Å². The molecule has 0 amide bonds. The Kier molecular flexibility index (Phi) is 24.3. The van der Waals surface area contributed by atoms with Crippen LogP contribution in [-0.4, -0.2) is 65.3 Å². The van der Waals surface area contributed by atoms with Crippen molar-refractivity contribution in [3.63, 3.8) is 0 Å². The maximum absolute atomic E-state index is 11.0. The van der Waals surface area contributed by atoms with Gasteiger partial charge in [-0.25, -0.2) is 0 Å². The molecule has 0 rings (SSSR count). The molecule has 51 heavy (non-hydrogen) atoms. The largest absolute Gasteiger partial charge is 0.392 e. The highest BCUT2D eigenvalue weighted by Gasteiger charge is 2.28. The molecule has 6 nitrogen and oxygen atoms in total. The molecular weight excluding hydrogens is 636 g/mol. The topological polar surface area (TPSA) is 121 Å². The molecule has 0 radical (unpaired) electrons. The second-order valence-corrected chi connectivity index (χ2v) is 18.0. The van der Waals surface area contributed by atoms with Crippen LogP contribution in [0, 0.1) is 0 Å². The Morgan fingerprint density at radius 1 is 0.373 bits per heavy atom. The third kappa shape index (κ3) is 29.8. The van der Waals surface area contributed by atoms with Crippen LogP contribution in [0.1, 0.15) is 204 Å². The van der Waals surface area contributed by atoms with Gasteiger partial charge in [-0.05, 0) is 204 Å². The molecule has 0 spiro atoms. The minimum atomic E-state index is -0.843. The van der Waals surface area contributed by atoms with Crippen molar-refractivity contribution >= 4 is 0 Å². The van der Waals surface area contributed by atoms with E-state index in [0.29, 0.717) is 51.4 Å². The van der Waals surface area contributed by atoms with Crippen molar-refractivity contribution in [3.8, 4) is 0 Å². The average molecular weight is 721 g/mol. The summed E-state index contributed by atoms with van der Waals surface area (Å²) in [6.07, 6.45) is 25.0. The minimum absolute atomic E-state index is 0.115. The lowest BCUT2D eigenvalue weighted by Gasteiger charge is -2.30. The van der Waals surface area contributed by atoms with Crippen molar-refractivity contribution in [2.24, 2.45) is 0 Å². The van der Waals surface area contributed by atoms with Gasteiger partial charge in [0.05, 0.1) is 34.6 Å². The quantitative estimate of drug-likeness (QED) is 0.0411. The molecule has 6 N–H and O–H groups in total. The first-order valence-electron chi connectivity index (χ1n) is 20.3. The van der Waals surface area contributed by atoms with Crippen LogP contribution < -0.4 is 0 Å². The normalized spacial score (nSPS) is 19.1. The molecule has 0 bridgehead atoms. The summed E-state index contributed by atoms with van der Waals surface area (Å²) < 4.78 is 0. The van der Waals surface area contributed by atoms with Gasteiger partial charge in [-0.15, -0.1) is 0 Å². The summed E-state index contributed by atoms with van der Waals surface area (Å²) in [4.78, 5) is 0. The first kappa shape index (κ1) is 49.7. The van der Waals surface area contributed by atoms with E-state index in [0.717, 1.165) is 83.5 Å².